The topological polar surface area (TPSA) is 74.1 Å². The van der Waals surface area contributed by atoms with Crippen molar-refractivity contribution in [3.63, 3.8) is 0 Å². The molecule has 0 saturated carbocycles. The minimum atomic E-state index is -4.74. The van der Waals surface area contributed by atoms with Gasteiger partial charge in [-0.2, -0.15) is 13.2 Å². The lowest BCUT2D eigenvalue weighted by molar-refractivity contribution is -0.137. The highest BCUT2D eigenvalue weighted by Gasteiger charge is 2.34. The van der Waals surface area contributed by atoms with Gasteiger partial charge in [0, 0.05) is 45.9 Å². The van der Waals surface area contributed by atoms with E-state index in [1.54, 1.807) is 18.5 Å². The van der Waals surface area contributed by atoms with Gasteiger partial charge in [-0.1, -0.05) is 42.5 Å². The van der Waals surface area contributed by atoms with Crippen LogP contribution >= 0.6 is 0 Å². The molecule has 0 saturated heterocycles. The van der Waals surface area contributed by atoms with Crippen LogP contribution in [-0.2, 0) is 10.9 Å². The zero-order chi connectivity index (χ0) is 31.3. The summed E-state index contributed by atoms with van der Waals surface area (Å²) in [6, 6.07) is 27.8. The fraction of sp³-hybridized carbons (Fsp3) is 0.0556. The van der Waals surface area contributed by atoms with Gasteiger partial charge in [-0.25, -0.2) is 4.79 Å². The molecule has 220 valence electrons. The van der Waals surface area contributed by atoms with E-state index in [2.05, 4.69) is 9.97 Å². The van der Waals surface area contributed by atoms with Crippen LogP contribution in [0.3, 0.4) is 0 Å². The predicted molar refractivity (Wildman–Crippen MR) is 167 cm³/mol. The summed E-state index contributed by atoms with van der Waals surface area (Å²) in [6.07, 6.45) is -1.37. The summed E-state index contributed by atoms with van der Waals surface area (Å²) in [5.41, 5.74) is 2.57. The average Bonchev–Trinajstić information content (AvgIpc) is 3.06. The van der Waals surface area contributed by atoms with Crippen LogP contribution in [-0.4, -0.2) is 27.6 Å². The van der Waals surface area contributed by atoms with Gasteiger partial charge >= 0.3 is 12.1 Å². The molecule has 7 rings (SSSR count). The van der Waals surface area contributed by atoms with Crippen LogP contribution in [0.4, 0.5) is 13.2 Å². The van der Waals surface area contributed by atoms with E-state index < -0.39 is 23.3 Å². The number of carbonyl (C=O) groups is 1. The maximum absolute atomic E-state index is 14.5. The Morgan fingerprint density at radius 2 is 1.49 bits per heavy atom. The van der Waals surface area contributed by atoms with Crippen molar-refractivity contribution in [1.82, 2.24) is 14.5 Å². The third-order valence-corrected chi connectivity index (χ3v) is 7.82. The normalized spacial score (nSPS) is 11.7. The molecule has 0 aliphatic heterocycles. The van der Waals surface area contributed by atoms with Gasteiger partial charge in [0.1, 0.15) is 0 Å². The first kappa shape index (κ1) is 28.0. The Hall–Kier alpha value is -5.83. The van der Waals surface area contributed by atoms with Gasteiger partial charge in [0.2, 0.25) is 0 Å². The van der Waals surface area contributed by atoms with Crippen LogP contribution in [0.25, 0.3) is 60.6 Å². The number of para-hydroxylation sites is 1. The number of hydrogen-bond donors (Lipinski definition) is 0. The molecule has 4 aromatic carbocycles. The Labute approximate surface area is 254 Å². The largest absolute Gasteiger partial charge is 0.465 e. The number of benzene rings is 4. The number of esters is 1. The number of nitrogens with zero attached hydrogens (tertiary/aromatic N) is 3. The molecule has 6 nitrogen and oxygen atoms in total. The fourth-order valence-corrected chi connectivity index (χ4v) is 5.64. The summed E-state index contributed by atoms with van der Waals surface area (Å²) < 4.78 is 49.6. The number of fused-ring (bicyclic) bond motifs is 4. The Kier molecular flexibility index (Phi) is 6.66. The fourth-order valence-electron chi connectivity index (χ4n) is 5.64. The molecule has 0 radical (unpaired) electrons. The first-order chi connectivity index (χ1) is 21.7. The maximum atomic E-state index is 14.5. The molecule has 7 aromatic rings. The van der Waals surface area contributed by atoms with E-state index in [-0.39, 0.29) is 22.4 Å². The molecule has 9 heteroatoms. The van der Waals surface area contributed by atoms with Crippen LogP contribution in [0.5, 0.6) is 0 Å². The summed E-state index contributed by atoms with van der Waals surface area (Å²) in [6.45, 7) is 0. The van der Waals surface area contributed by atoms with E-state index in [9.17, 15) is 22.8 Å². The summed E-state index contributed by atoms with van der Waals surface area (Å²) in [4.78, 5) is 34.4. The van der Waals surface area contributed by atoms with Crippen LogP contribution in [0.15, 0.2) is 120 Å². The number of carbonyl (C=O) groups excluding carboxylic acids is 1. The lowest BCUT2D eigenvalue weighted by atomic mass is 9.97. The second-order valence-electron chi connectivity index (χ2n) is 10.5. The Bertz CT molecular complexity index is 2350. The van der Waals surface area contributed by atoms with Gasteiger partial charge in [-0.15, -0.1) is 0 Å². The second kappa shape index (κ2) is 10.7. The molecular formula is C36H22F3N3O3. The summed E-state index contributed by atoms with van der Waals surface area (Å²) in [5, 5.41) is 2.15. The number of aromatic nitrogens is 3. The summed E-state index contributed by atoms with van der Waals surface area (Å²) in [7, 11) is 1.23. The minimum Gasteiger partial charge on any atom is -0.465 e. The van der Waals surface area contributed by atoms with Gasteiger partial charge in [-0.05, 0) is 71.3 Å². The third kappa shape index (κ3) is 4.98. The second-order valence-corrected chi connectivity index (χ2v) is 10.5. The quantitative estimate of drug-likeness (QED) is 0.150. The molecule has 0 atom stereocenters. The number of halogens is 3. The van der Waals surface area contributed by atoms with E-state index in [1.165, 1.54) is 54.1 Å². The van der Waals surface area contributed by atoms with Crippen LogP contribution < -0.4 is 5.56 Å². The van der Waals surface area contributed by atoms with Crippen molar-refractivity contribution >= 4 is 38.7 Å². The van der Waals surface area contributed by atoms with Crippen LogP contribution in [0, 0.1) is 0 Å². The van der Waals surface area contributed by atoms with Gasteiger partial charge in [0.25, 0.3) is 5.56 Å². The van der Waals surface area contributed by atoms with E-state index in [1.807, 2.05) is 48.5 Å². The number of pyridine rings is 3. The molecular weight excluding hydrogens is 579 g/mol. The molecule has 0 unspecified atom stereocenters. The molecule has 0 amide bonds. The van der Waals surface area contributed by atoms with Crippen molar-refractivity contribution in [2.24, 2.45) is 0 Å². The van der Waals surface area contributed by atoms with Gasteiger partial charge in [0.05, 0.1) is 34.8 Å². The summed E-state index contributed by atoms with van der Waals surface area (Å²) >= 11 is 0. The SMILES string of the molecule is COC(=O)c1ccc(-c2ccc(-n3c(=O)ccc4cnc5ccc(-c6cnc7ccccc7c6)cc5c43)cc2C(F)(F)F)cc1. The van der Waals surface area contributed by atoms with E-state index >= 15 is 0 Å². The van der Waals surface area contributed by atoms with Crippen molar-refractivity contribution in [3.8, 4) is 27.9 Å². The Morgan fingerprint density at radius 3 is 2.27 bits per heavy atom. The van der Waals surface area contributed by atoms with Crippen molar-refractivity contribution in [3.05, 3.63) is 137 Å². The maximum Gasteiger partial charge on any atom is 0.417 e. The average molecular weight is 602 g/mol. The third-order valence-electron chi connectivity index (χ3n) is 7.82. The molecule has 0 fully saturated rings. The zero-order valence-corrected chi connectivity index (χ0v) is 23.7. The highest BCUT2D eigenvalue weighted by Crippen LogP contribution is 2.39. The number of methoxy groups -OCH3 is 1. The minimum absolute atomic E-state index is 0.0538. The van der Waals surface area contributed by atoms with Crippen LogP contribution in [0.2, 0.25) is 0 Å². The number of alkyl halides is 3. The van der Waals surface area contributed by atoms with E-state index in [4.69, 9.17) is 4.74 Å². The predicted octanol–water partition coefficient (Wildman–Crippen LogP) is 8.23. The molecule has 0 spiro atoms. The lowest BCUT2D eigenvalue weighted by Crippen LogP contribution is -2.19. The van der Waals surface area contributed by atoms with E-state index in [0.29, 0.717) is 21.8 Å². The number of hydrogen-bond acceptors (Lipinski definition) is 5. The standard InChI is InChI=1S/C36H22F3N3O3/c1-45-35(44)22-8-6-21(7-9-22)28-13-12-27(18-30(28)36(37,38)39)42-33(43)15-11-25-19-41-32-14-10-23(17-29(32)34(25)42)26-16-24-4-2-3-5-31(24)40-20-26/h2-20H,1H3. The smallest absolute Gasteiger partial charge is 0.417 e. The van der Waals surface area contributed by atoms with Crippen molar-refractivity contribution in [2.75, 3.05) is 7.11 Å². The molecule has 0 N–H and O–H groups in total. The molecule has 0 bridgehead atoms. The Morgan fingerprint density at radius 1 is 0.733 bits per heavy atom. The van der Waals surface area contributed by atoms with Crippen LogP contribution in [0.1, 0.15) is 15.9 Å². The molecule has 0 aliphatic rings. The summed E-state index contributed by atoms with van der Waals surface area (Å²) in [5.74, 6) is -0.593. The molecule has 0 aliphatic carbocycles. The molecule has 3 aromatic heterocycles. The first-order valence-corrected chi connectivity index (χ1v) is 13.9. The van der Waals surface area contributed by atoms with Gasteiger partial charge in [-0.3, -0.25) is 19.3 Å². The van der Waals surface area contributed by atoms with E-state index in [0.717, 1.165) is 28.1 Å². The highest BCUT2D eigenvalue weighted by molar-refractivity contribution is 6.05. The monoisotopic (exact) mass is 601 g/mol. The Balaban J connectivity index is 1.43. The van der Waals surface area contributed by atoms with Crippen molar-refractivity contribution in [2.45, 2.75) is 6.18 Å². The zero-order valence-electron chi connectivity index (χ0n) is 23.7. The lowest BCUT2D eigenvalue weighted by Gasteiger charge is -2.18. The molecule has 3 heterocycles. The van der Waals surface area contributed by atoms with Crippen molar-refractivity contribution in [1.29, 1.82) is 0 Å². The molecule has 45 heavy (non-hydrogen) atoms. The highest BCUT2D eigenvalue weighted by atomic mass is 19.4. The first-order valence-electron chi connectivity index (χ1n) is 13.9. The van der Waals surface area contributed by atoms with Gasteiger partial charge in [0.15, 0.2) is 0 Å². The van der Waals surface area contributed by atoms with Crippen molar-refractivity contribution < 1.29 is 22.7 Å². The number of rotatable bonds is 4. The number of ether oxygens (including phenoxy) is 1. The van der Waals surface area contributed by atoms with Gasteiger partial charge < -0.3 is 4.74 Å².